The van der Waals surface area contributed by atoms with E-state index in [1.54, 1.807) is 55.5 Å². The molecule has 0 aromatic heterocycles. The van der Waals surface area contributed by atoms with Gasteiger partial charge in [-0.25, -0.2) is 13.2 Å². The molecule has 9 heteroatoms. The summed E-state index contributed by atoms with van der Waals surface area (Å²) >= 11 is 5.85. The van der Waals surface area contributed by atoms with E-state index in [1.165, 1.54) is 4.31 Å². The van der Waals surface area contributed by atoms with E-state index in [9.17, 15) is 18.0 Å². The molecule has 0 aliphatic carbocycles. The number of sulfonamides is 1. The molecule has 1 amide bonds. The second-order valence-corrected chi connectivity index (χ2v) is 8.60. The van der Waals surface area contributed by atoms with Crippen molar-refractivity contribution in [1.29, 1.82) is 0 Å². The van der Waals surface area contributed by atoms with E-state index in [4.69, 9.17) is 16.3 Å². The summed E-state index contributed by atoms with van der Waals surface area (Å²) < 4.78 is 30.3. The molecule has 0 radical (unpaired) electrons. The van der Waals surface area contributed by atoms with Crippen LogP contribution in [-0.4, -0.2) is 39.7 Å². The van der Waals surface area contributed by atoms with E-state index < -0.39 is 16.0 Å². The average Bonchev–Trinajstić information content (AvgIpc) is 2.66. The SMILES string of the molecule is CCOC(=O)c1ccc(NC(=O)CCCN(c2ccc(Cl)cc2)S(C)(=O)=O)cc1. The van der Waals surface area contributed by atoms with Crippen molar-refractivity contribution in [3.8, 4) is 0 Å². The van der Waals surface area contributed by atoms with Crippen molar-refractivity contribution < 1.29 is 22.7 Å². The Morgan fingerprint density at radius 1 is 1.07 bits per heavy atom. The highest BCUT2D eigenvalue weighted by molar-refractivity contribution is 7.92. The lowest BCUT2D eigenvalue weighted by Crippen LogP contribution is -2.31. The van der Waals surface area contributed by atoms with Crippen LogP contribution in [0.2, 0.25) is 5.02 Å². The van der Waals surface area contributed by atoms with E-state index >= 15 is 0 Å². The van der Waals surface area contributed by atoms with Gasteiger partial charge >= 0.3 is 5.97 Å². The number of rotatable bonds is 9. The molecule has 0 heterocycles. The van der Waals surface area contributed by atoms with Crippen molar-refractivity contribution in [2.75, 3.05) is 29.0 Å². The van der Waals surface area contributed by atoms with Crippen molar-refractivity contribution in [1.82, 2.24) is 0 Å². The fourth-order valence-electron chi connectivity index (χ4n) is 2.60. The number of amides is 1. The first kappa shape index (κ1) is 22.7. The van der Waals surface area contributed by atoms with Gasteiger partial charge in [0.25, 0.3) is 0 Å². The van der Waals surface area contributed by atoms with Crippen LogP contribution in [0.25, 0.3) is 0 Å². The zero-order valence-corrected chi connectivity index (χ0v) is 17.8. The molecule has 0 saturated carbocycles. The minimum absolute atomic E-state index is 0.138. The standard InChI is InChI=1S/C20H23ClN2O5S/c1-3-28-20(25)15-6-10-17(11-7-15)22-19(24)5-4-14-23(29(2,26)27)18-12-8-16(21)9-13-18/h6-13H,3-5,14H2,1-2H3,(H,22,24). The molecule has 0 unspecified atom stereocenters. The molecule has 2 aromatic rings. The van der Waals surface area contributed by atoms with Gasteiger partial charge in [0.1, 0.15) is 0 Å². The minimum Gasteiger partial charge on any atom is -0.462 e. The Balaban J connectivity index is 1.90. The van der Waals surface area contributed by atoms with Crippen LogP contribution in [0.1, 0.15) is 30.1 Å². The molecule has 0 aliphatic heterocycles. The Bertz CT molecular complexity index is 944. The van der Waals surface area contributed by atoms with Crippen molar-refractivity contribution in [3.05, 3.63) is 59.1 Å². The molecule has 0 fully saturated rings. The van der Waals surface area contributed by atoms with Gasteiger partial charge in [0, 0.05) is 23.7 Å². The van der Waals surface area contributed by atoms with Gasteiger partial charge in [-0.15, -0.1) is 0 Å². The molecule has 156 valence electrons. The normalized spacial score (nSPS) is 11.0. The first-order valence-electron chi connectivity index (χ1n) is 9.01. The van der Waals surface area contributed by atoms with Gasteiger partial charge in [0.2, 0.25) is 15.9 Å². The lowest BCUT2D eigenvalue weighted by atomic mass is 10.2. The Labute approximate surface area is 175 Å². The number of nitrogens with zero attached hydrogens (tertiary/aromatic N) is 1. The number of halogens is 1. The zero-order chi connectivity index (χ0) is 21.4. The summed E-state index contributed by atoms with van der Waals surface area (Å²) in [6, 6.07) is 12.8. The smallest absolute Gasteiger partial charge is 0.338 e. The van der Waals surface area contributed by atoms with Gasteiger partial charge < -0.3 is 10.1 Å². The molecule has 0 aliphatic rings. The van der Waals surface area contributed by atoms with Gasteiger partial charge in [-0.2, -0.15) is 0 Å². The molecule has 7 nitrogen and oxygen atoms in total. The lowest BCUT2D eigenvalue weighted by Gasteiger charge is -2.22. The molecule has 0 saturated heterocycles. The maximum atomic E-state index is 12.2. The van der Waals surface area contributed by atoms with Crippen molar-refractivity contribution >= 4 is 44.9 Å². The third-order valence-corrected chi connectivity index (χ3v) is 5.41. The molecule has 0 atom stereocenters. The second kappa shape index (κ2) is 10.3. The van der Waals surface area contributed by atoms with Crippen LogP contribution < -0.4 is 9.62 Å². The van der Waals surface area contributed by atoms with Crippen LogP contribution in [0.4, 0.5) is 11.4 Å². The number of ether oxygens (including phenoxy) is 1. The number of benzene rings is 2. The third-order valence-electron chi connectivity index (χ3n) is 3.96. The van der Waals surface area contributed by atoms with Gasteiger partial charge in [0.05, 0.1) is 24.1 Å². The van der Waals surface area contributed by atoms with Crippen LogP contribution in [0.5, 0.6) is 0 Å². The molecule has 29 heavy (non-hydrogen) atoms. The lowest BCUT2D eigenvalue weighted by molar-refractivity contribution is -0.116. The fourth-order valence-corrected chi connectivity index (χ4v) is 3.70. The Morgan fingerprint density at radius 3 is 2.24 bits per heavy atom. The minimum atomic E-state index is -3.49. The van der Waals surface area contributed by atoms with Gasteiger partial charge in [-0.1, -0.05) is 11.6 Å². The van der Waals surface area contributed by atoms with E-state index in [-0.39, 0.29) is 25.5 Å². The van der Waals surface area contributed by atoms with E-state index in [2.05, 4.69) is 5.32 Å². The molecule has 0 bridgehead atoms. The third kappa shape index (κ3) is 7.07. The Morgan fingerprint density at radius 2 is 1.69 bits per heavy atom. The fraction of sp³-hybridized carbons (Fsp3) is 0.300. The number of carbonyl (C=O) groups excluding carboxylic acids is 2. The summed E-state index contributed by atoms with van der Waals surface area (Å²) in [4.78, 5) is 23.8. The maximum Gasteiger partial charge on any atom is 0.338 e. The van der Waals surface area contributed by atoms with E-state index in [1.807, 2.05) is 0 Å². The summed E-state index contributed by atoms with van der Waals surface area (Å²) in [7, 11) is -3.49. The number of hydrogen-bond acceptors (Lipinski definition) is 5. The quantitative estimate of drug-likeness (QED) is 0.602. The van der Waals surface area contributed by atoms with Crippen molar-refractivity contribution in [2.24, 2.45) is 0 Å². The number of carbonyl (C=O) groups is 2. The first-order chi connectivity index (χ1) is 13.7. The van der Waals surface area contributed by atoms with Crippen LogP contribution >= 0.6 is 11.6 Å². The highest BCUT2D eigenvalue weighted by Gasteiger charge is 2.17. The monoisotopic (exact) mass is 438 g/mol. The van der Waals surface area contributed by atoms with Crippen molar-refractivity contribution in [2.45, 2.75) is 19.8 Å². The highest BCUT2D eigenvalue weighted by atomic mass is 35.5. The van der Waals surface area contributed by atoms with E-state index in [0.717, 1.165) is 6.26 Å². The van der Waals surface area contributed by atoms with Gasteiger partial charge in [-0.3, -0.25) is 9.10 Å². The van der Waals surface area contributed by atoms with Crippen molar-refractivity contribution in [3.63, 3.8) is 0 Å². The summed E-state index contributed by atoms with van der Waals surface area (Å²) in [6.45, 7) is 2.18. The maximum absolute atomic E-state index is 12.2. The largest absolute Gasteiger partial charge is 0.462 e. The zero-order valence-electron chi connectivity index (χ0n) is 16.2. The number of hydrogen-bond donors (Lipinski definition) is 1. The van der Waals surface area contributed by atoms with Crippen LogP contribution in [0.3, 0.4) is 0 Å². The van der Waals surface area contributed by atoms with Crippen LogP contribution in [-0.2, 0) is 19.6 Å². The molecule has 1 N–H and O–H groups in total. The summed E-state index contributed by atoms with van der Waals surface area (Å²) in [5.41, 5.74) is 1.43. The first-order valence-corrected chi connectivity index (χ1v) is 11.2. The average molecular weight is 439 g/mol. The predicted molar refractivity (Wildman–Crippen MR) is 114 cm³/mol. The van der Waals surface area contributed by atoms with Crippen LogP contribution in [0.15, 0.2) is 48.5 Å². The predicted octanol–water partition coefficient (Wildman–Crippen LogP) is 3.70. The highest BCUT2D eigenvalue weighted by Crippen LogP contribution is 2.21. The molecule has 2 aromatic carbocycles. The molecular weight excluding hydrogens is 416 g/mol. The summed E-state index contributed by atoms with van der Waals surface area (Å²) in [5.74, 6) is -0.674. The molecular formula is C20H23ClN2O5S. The number of anilines is 2. The van der Waals surface area contributed by atoms with Crippen LogP contribution in [0, 0.1) is 0 Å². The topological polar surface area (TPSA) is 92.8 Å². The second-order valence-electron chi connectivity index (χ2n) is 6.26. The molecule has 2 rings (SSSR count). The Hall–Kier alpha value is -2.58. The molecule has 0 spiro atoms. The van der Waals surface area contributed by atoms with Gasteiger partial charge in [0.15, 0.2) is 0 Å². The van der Waals surface area contributed by atoms with E-state index in [0.29, 0.717) is 28.4 Å². The number of nitrogens with one attached hydrogen (secondary N) is 1. The summed E-state index contributed by atoms with van der Waals surface area (Å²) in [5, 5.41) is 3.23. The number of esters is 1. The Kier molecular flexibility index (Phi) is 8.04. The van der Waals surface area contributed by atoms with Gasteiger partial charge in [-0.05, 0) is 61.9 Å². The summed E-state index contributed by atoms with van der Waals surface area (Å²) in [6.07, 6.45) is 1.59.